The average Bonchev–Trinajstić information content (AvgIpc) is 3.16. The van der Waals surface area contributed by atoms with Crippen molar-refractivity contribution in [2.75, 3.05) is 85.3 Å². The summed E-state index contributed by atoms with van der Waals surface area (Å²) >= 11 is 0. The Kier molecular flexibility index (Phi) is 42.7. The van der Waals surface area contributed by atoms with Crippen LogP contribution >= 0.6 is 0 Å². The summed E-state index contributed by atoms with van der Waals surface area (Å²) < 4.78 is 33.6. The summed E-state index contributed by atoms with van der Waals surface area (Å²) in [5, 5.41) is 9.37. The fourth-order valence-electron chi connectivity index (χ4n) is 3.99. The number of esters is 4. The molecule has 69 heavy (non-hydrogen) atoms. The van der Waals surface area contributed by atoms with Gasteiger partial charge in [0.1, 0.15) is 54.5 Å². The van der Waals surface area contributed by atoms with Crippen molar-refractivity contribution >= 4 is 71.8 Å². The first-order chi connectivity index (χ1) is 31.2. The molecule has 0 rings (SSSR count). The van der Waals surface area contributed by atoms with Crippen LogP contribution in [-0.2, 0) is 109 Å². The summed E-state index contributed by atoms with van der Waals surface area (Å²) in [6, 6.07) is 0. The molecule has 0 saturated heterocycles. The minimum absolute atomic E-state index is 0. The SMILES string of the molecule is CC(=O)CN(CC(C)=O)C(=O)CNC(=O)OC(C)(C)C.CC(C)(C)OC(=O)NC[C-]=O.CCOC(=O)CN(CC(=O)OCC)C(=O)CNC(=O)OC(C)(C)C.CCOC(=O)CNCC(=O)OCC.[Y]. The molecule has 0 aromatic rings. The number of nitrogens with zero attached hydrogens (tertiary/aromatic N) is 2. The van der Waals surface area contributed by atoms with Crippen molar-refractivity contribution in [3.05, 3.63) is 0 Å². The van der Waals surface area contributed by atoms with Crippen molar-refractivity contribution in [1.82, 2.24) is 31.1 Å². The van der Waals surface area contributed by atoms with Gasteiger partial charge in [0, 0.05) is 32.7 Å². The van der Waals surface area contributed by atoms with Gasteiger partial charge in [-0.3, -0.25) is 43.7 Å². The van der Waals surface area contributed by atoms with Crippen molar-refractivity contribution in [2.45, 2.75) is 121 Å². The van der Waals surface area contributed by atoms with Crippen LogP contribution in [0.3, 0.4) is 0 Å². The van der Waals surface area contributed by atoms with Crippen molar-refractivity contribution < 1.29 is 123 Å². The van der Waals surface area contributed by atoms with Gasteiger partial charge in [-0.15, -0.1) is 0 Å². The molecule has 0 aromatic heterocycles. The molecule has 0 saturated carbocycles. The second-order valence-electron chi connectivity index (χ2n) is 16.4. The summed E-state index contributed by atoms with van der Waals surface area (Å²) in [7, 11) is 0. The third kappa shape index (κ3) is 53.5. The Hall–Kier alpha value is -5.30. The van der Waals surface area contributed by atoms with Crippen molar-refractivity contribution in [3.63, 3.8) is 0 Å². The van der Waals surface area contributed by atoms with Crippen LogP contribution in [0, 0.1) is 0 Å². The minimum Gasteiger partial charge on any atom is -0.540 e. The third-order valence-electron chi connectivity index (χ3n) is 6.20. The summed E-state index contributed by atoms with van der Waals surface area (Å²) in [5.41, 5.74) is -1.89. The van der Waals surface area contributed by atoms with E-state index in [0.717, 1.165) is 9.80 Å². The maximum atomic E-state index is 12.1. The number of alkyl carbamates (subject to hydrolysis) is 3. The van der Waals surface area contributed by atoms with Gasteiger partial charge < -0.3 is 63.7 Å². The largest absolute Gasteiger partial charge is 0.540 e. The molecule has 0 unspecified atom stereocenters. The van der Waals surface area contributed by atoms with Crippen molar-refractivity contribution in [1.29, 1.82) is 0 Å². The zero-order chi connectivity index (χ0) is 53.7. The number of rotatable bonds is 22. The van der Waals surface area contributed by atoms with Crippen LogP contribution in [0.1, 0.15) is 104 Å². The normalized spacial score (nSPS) is 10.2. The molecule has 25 nitrogen and oxygen atoms in total. The minimum atomic E-state index is -0.775. The van der Waals surface area contributed by atoms with Gasteiger partial charge in [0.05, 0.1) is 52.6 Å². The predicted octanol–water partition coefficient (Wildman–Crippen LogP) is 1.30. The number of carbonyl (C=O) groups is 11. The van der Waals surface area contributed by atoms with E-state index in [0.29, 0.717) is 13.2 Å². The van der Waals surface area contributed by atoms with E-state index >= 15 is 0 Å². The summed E-state index contributed by atoms with van der Waals surface area (Å²) in [4.78, 5) is 136. The maximum absolute atomic E-state index is 12.1. The number of ether oxygens (including phenoxy) is 7. The molecule has 0 aliphatic rings. The van der Waals surface area contributed by atoms with E-state index in [9.17, 15) is 57.5 Å². The predicted molar refractivity (Wildman–Crippen MR) is 242 cm³/mol. The quantitative estimate of drug-likeness (QED) is 0.0674. The van der Waals surface area contributed by atoms with Crippen LogP contribution < -0.4 is 21.3 Å². The molecule has 0 spiro atoms. The fraction of sp³-hybridized carbons (Fsp3) is 0.721. The summed E-state index contributed by atoms with van der Waals surface area (Å²) in [6.07, 6.45) is -0.574. The van der Waals surface area contributed by atoms with Crippen LogP contribution in [0.25, 0.3) is 0 Å². The first-order valence-electron chi connectivity index (χ1n) is 21.4. The third-order valence-corrected chi connectivity index (χ3v) is 6.20. The molecule has 4 N–H and O–H groups in total. The average molecular weight is 1070 g/mol. The van der Waals surface area contributed by atoms with Gasteiger partial charge >= 0.3 is 42.2 Å². The van der Waals surface area contributed by atoms with E-state index in [1.807, 2.05) is 0 Å². The van der Waals surface area contributed by atoms with Gasteiger partial charge in [0.2, 0.25) is 11.8 Å². The number of amides is 5. The van der Waals surface area contributed by atoms with Crippen molar-refractivity contribution in [2.24, 2.45) is 0 Å². The molecule has 0 bridgehead atoms. The summed E-state index contributed by atoms with van der Waals surface area (Å²) in [5.74, 6) is -3.68. The van der Waals surface area contributed by atoms with E-state index < -0.39 is 78.5 Å². The molecule has 0 aliphatic carbocycles. The van der Waals surface area contributed by atoms with Gasteiger partial charge in [-0.25, -0.2) is 20.7 Å². The Bertz CT molecular complexity index is 1570. The number of Topliss-reactive ketones (excluding diaryl/α,β-unsaturated/α-hetero) is 2. The fourth-order valence-corrected chi connectivity index (χ4v) is 3.99. The molecule has 1 radical (unpaired) electrons. The summed E-state index contributed by atoms with van der Waals surface area (Å²) in [6.45, 7) is 23.8. The molecule has 0 fully saturated rings. The van der Waals surface area contributed by atoms with Crippen LogP contribution in [0.15, 0.2) is 0 Å². The molecule has 5 amide bonds. The number of ketones is 2. The van der Waals surface area contributed by atoms with E-state index in [1.54, 1.807) is 90.0 Å². The van der Waals surface area contributed by atoms with Crippen LogP contribution in [0.5, 0.6) is 0 Å². The molecule has 26 heteroatoms. The smallest absolute Gasteiger partial charge is 0.408 e. The van der Waals surface area contributed by atoms with Gasteiger partial charge in [0.25, 0.3) is 0 Å². The molecule has 0 atom stereocenters. The molecular weight excluding hydrogens is 993 g/mol. The Morgan fingerprint density at radius 1 is 0.435 bits per heavy atom. The Balaban J connectivity index is -0.000000274. The zero-order valence-electron chi connectivity index (χ0n) is 42.9. The van der Waals surface area contributed by atoms with E-state index in [2.05, 4.69) is 30.7 Å². The van der Waals surface area contributed by atoms with Gasteiger partial charge in [-0.05, 0) is 104 Å². The van der Waals surface area contributed by atoms with E-state index in [1.165, 1.54) is 20.1 Å². The molecule has 0 heterocycles. The van der Waals surface area contributed by atoms with Gasteiger partial charge in [-0.1, -0.05) is 6.54 Å². The van der Waals surface area contributed by atoms with Gasteiger partial charge in [0.15, 0.2) is 0 Å². The molecular formula is C43H75N6O19Y-. The van der Waals surface area contributed by atoms with Gasteiger partial charge in [-0.2, -0.15) is 0 Å². The molecule has 0 aromatic carbocycles. The Labute approximate surface area is 430 Å². The topological polar surface area (TPSA) is 324 Å². The second kappa shape index (κ2) is 40.6. The maximum Gasteiger partial charge on any atom is 0.408 e. The number of nitrogens with one attached hydrogen (secondary N) is 4. The van der Waals surface area contributed by atoms with E-state index in [-0.39, 0.29) is 109 Å². The zero-order valence-corrected chi connectivity index (χ0v) is 45.8. The number of hydrogen-bond acceptors (Lipinski definition) is 20. The van der Waals surface area contributed by atoms with Crippen LogP contribution in [-0.4, -0.2) is 184 Å². The van der Waals surface area contributed by atoms with E-state index in [4.69, 9.17) is 23.7 Å². The second-order valence-corrected chi connectivity index (χ2v) is 16.4. The first-order valence-corrected chi connectivity index (χ1v) is 21.4. The molecule has 395 valence electrons. The van der Waals surface area contributed by atoms with Crippen LogP contribution in [0.2, 0.25) is 0 Å². The number of carbonyl (C=O) groups excluding carboxylic acids is 12. The number of hydrogen-bond donors (Lipinski definition) is 4. The van der Waals surface area contributed by atoms with Crippen molar-refractivity contribution in [3.8, 4) is 0 Å². The Morgan fingerprint density at radius 2 is 0.710 bits per heavy atom. The Morgan fingerprint density at radius 3 is 0.971 bits per heavy atom. The van der Waals surface area contributed by atoms with Crippen LogP contribution in [0.4, 0.5) is 14.4 Å². The standard InChI is InChI=1S/C15H26N2O7.C13H22N2O5.C8H15NO4.C7H12NO3.Y/c1-6-22-12(19)9-17(10-13(20)23-7-2)11(18)8-16-14(21)24-15(3,4)5;1-9(16)7-15(8-10(2)17)11(18)6-14-12(19)20-13(3,4)5;1-3-12-7(10)5-9-6-8(11)13-4-2;1-7(2,3)11-6(10)8-4-5-9;/h6-10H2,1-5H3,(H,16,21);6-8H2,1-5H3,(H,14,19);9H,3-6H2,1-2H3;4H2,1-3H3,(H,8,10);/q;;;-1;. The first kappa shape index (κ1) is 72.7. The molecule has 0 aliphatic heterocycles. The monoisotopic (exact) mass is 1070 g/mol.